The molecule has 7 N–H and O–H groups in total. The van der Waals surface area contributed by atoms with Gasteiger partial charge in [-0.3, -0.25) is 24.7 Å². The van der Waals surface area contributed by atoms with Crippen molar-refractivity contribution in [2.45, 2.75) is 108 Å². The van der Waals surface area contributed by atoms with Crippen LogP contribution < -0.4 is 22.5 Å². The zero-order chi connectivity index (χ0) is 33.0. The molecule has 1 unspecified atom stereocenters. The molecule has 4 atom stereocenters. The molecule has 0 radical (unpaired) electrons. The molecular weight excluding hydrogens is 584 g/mol. The SMILES string of the molecule is CC(=O)N[C@@H]1CCCc2cccnc21.NC1CCCc2cccnc21.N[C@@H]1CCCc2cccnc21.N[C@H]1CCCc2cccnc21. The summed E-state index contributed by atoms with van der Waals surface area (Å²) in [6, 6.07) is 17.0. The van der Waals surface area contributed by atoms with E-state index in [9.17, 15) is 4.79 Å². The Morgan fingerprint density at radius 3 is 1.21 bits per heavy atom. The first-order valence-corrected chi connectivity index (χ1v) is 17.2. The van der Waals surface area contributed by atoms with Crippen molar-refractivity contribution in [3.8, 4) is 0 Å². The lowest BCUT2D eigenvalue weighted by molar-refractivity contribution is -0.119. The average molecular weight is 635 g/mol. The summed E-state index contributed by atoms with van der Waals surface area (Å²) in [5.41, 5.74) is 27.3. The highest BCUT2D eigenvalue weighted by Gasteiger charge is 2.22. The Hall–Kier alpha value is -4.05. The molecule has 1 amide bonds. The second-order valence-corrected chi connectivity index (χ2v) is 12.8. The molecule has 9 nitrogen and oxygen atoms in total. The molecular formula is C38H50N8O. The van der Waals surface area contributed by atoms with Crippen LogP contribution in [-0.4, -0.2) is 25.8 Å². The topological polar surface area (TPSA) is 159 Å². The number of carbonyl (C=O) groups is 1. The van der Waals surface area contributed by atoms with Gasteiger partial charge >= 0.3 is 0 Å². The molecule has 4 aliphatic rings. The van der Waals surface area contributed by atoms with Gasteiger partial charge in [0, 0.05) is 49.8 Å². The smallest absolute Gasteiger partial charge is 0.217 e. The largest absolute Gasteiger partial charge is 0.348 e. The number of fused-ring (bicyclic) bond motifs is 4. The highest BCUT2D eigenvalue weighted by molar-refractivity contribution is 5.73. The molecule has 4 aromatic rings. The molecule has 0 saturated carbocycles. The van der Waals surface area contributed by atoms with E-state index in [0.717, 1.165) is 80.6 Å². The van der Waals surface area contributed by atoms with E-state index in [1.165, 1.54) is 41.5 Å². The van der Waals surface area contributed by atoms with E-state index in [1.54, 1.807) is 13.1 Å². The van der Waals surface area contributed by atoms with Crippen LogP contribution >= 0.6 is 0 Å². The van der Waals surface area contributed by atoms with E-state index in [1.807, 2.05) is 42.9 Å². The predicted molar refractivity (Wildman–Crippen MR) is 186 cm³/mol. The first-order chi connectivity index (χ1) is 22.9. The lowest BCUT2D eigenvalue weighted by Crippen LogP contribution is -2.29. The van der Waals surface area contributed by atoms with Crippen molar-refractivity contribution in [3.05, 3.63) is 118 Å². The molecule has 0 aliphatic heterocycles. The molecule has 4 aliphatic carbocycles. The lowest BCUT2D eigenvalue weighted by atomic mass is 9.92. The van der Waals surface area contributed by atoms with Gasteiger partial charge in [-0.1, -0.05) is 24.3 Å². The maximum absolute atomic E-state index is 11.0. The van der Waals surface area contributed by atoms with E-state index >= 15 is 0 Å². The van der Waals surface area contributed by atoms with Gasteiger partial charge < -0.3 is 22.5 Å². The van der Waals surface area contributed by atoms with Crippen LogP contribution in [0, 0.1) is 0 Å². The highest BCUT2D eigenvalue weighted by Crippen LogP contribution is 2.28. The van der Waals surface area contributed by atoms with Crippen LogP contribution in [0.4, 0.5) is 0 Å². The summed E-state index contributed by atoms with van der Waals surface area (Å²) in [5.74, 6) is 0.0218. The molecule has 248 valence electrons. The third-order valence-electron chi connectivity index (χ3n) is 9.29. The molecule has 8 rings (SSSR count). The Balaban J connectivity index is 0.000000124. The number of rotatable bonds is 1. The number of hydrogen-bond donors (Lipinski definition) is 4. The van der Waals surface area contributed by atoms with Gasteiger partial charge in [0.25, 0.3) is 0 Å². The van der Waals surface area contributed by atoms with Crippen LogP contribution in [0.25, 0.3) is 0 Å². The van der Waals surface area contributed by atoms with Crippen molar-refractivity contribution >= 4 is 5.91 Å². The lowest BCUT2D eigenvalue weighted by Gasteiger charge is -2.24. The summed E-state index contributed by atoms with van der Waals surface area (Å²) in [6.45, 7) is 1.55. The summed E-state index contributed by atoms with van der Waals surface area (Å²) in [5, 5.41) is 2.94. The standard InChI is InChI=1S/C11H14N2O.3C9H12N2/c1-8(14)13-10-6-2-4-9-5-3-7-12-11(9)10;3*10-8-5-1-3-7-4-2-6-11-9(7)8/h3,5,7,10H,2,4,6H2,1H3,(H,13,14);3*2,4,6,8H,1,3,5,10H2/t10-;2*8-;/m110./s1. The maximum atomic E-state index is 11.0. The minimum atomic E-state index is 0.0218. The molecule has 4 aromatic heterocycles. The quantitative estimate of drug-likeness (QED) is 0.203. The molecule has 0 bridgehead atoms. The molecule has 0 aromatic carbocycles. The fourth-order valence-electron chi connectivity index (χ4n) is 6.93. The molecule has 9 heteroatoms. The van der Waals surface area contributed by atoms with E-state index in [2.05, 4.69) is 49.5 Å². The minimum absolute atomic E-state index is 0.0218. The van der Waals surface area contributed by atoms with Crippen LogP contribution in [0.15, 0.2) is 73.3 Å². The molecule has 4 heterocycles. The number of nitrogens with zero attached hydrogens (tertiary/aromatic N) is 4. The summed E-state index contributed by atoms with van der Waals surface area (Å²) in [4.78, 5) is 28.1. The monoisotopic (exact) mass is 634 g/mol. The molecule has 0 saturated heterocycles. The van der Waals surface area contributed by atoms with Gasteiger partial charge in [0.05, 0.1) is 28.8 Å². The molecule has 0 spiro atoms. The Morgan fingerprint density at radius 1 is 0.553 bits per heavy atom. The van der Waals surface area contributed by atoms with Crippen LogP contribution in [0.2, 0.25) is 0 Å². The van der Waals surface area contributed by atoms with Crippen molar-refractivity contribution in [3.63, 3.8) is 0 Å². The van der Waals surface area contributed by atoms with E-state index in [-0.39, 0.29) is 30.1 Å². The van der Waals surface area contributed by atoms with Crippen molar-refractivity contribution in [2.75, 3.05) is 0 Å². The number of amides is 1. The Labute approximate surface area is 279 Å². The number of aryl methyl sites for hydroxylation is 4. The third-order valence-corrected chi connectivity index (χ3v) is 9.29. The van der Waals surface area contributed by atoms with E-state index < -0.39 is 0 Å². The van der Waals surface area contributed by atoms with Gasteiger partial charge in [0.2, 0.25) is 5.91 Å². The van der Waals surface area contributed by atoms with E-state index in [4.69, 9.17) is 17.2 Å². The van der Waals surface area contributed by atoms with Crippen molar-refractivity contribution in [2.24, 2.45) is 17.2 Å². The summed E-state index contributed by atoms with van der Waals surface area (Å²) >= 11 is 0. The van der Waals surface area contributed by atoms with Crippen LogP contribution in [0.1, 0.15) is 127 Å². The highest BCUT2D eigenvalue weighted by atomic mass is 16.1. The van der Waals surface area contributed by atoms with Crippen molar-refractivity contribution < 1.29 is 4.79 Å². The second-order valence-electron chi connectivity index (χ2n) is 12.8. The third kappa shape index (κ3) is 9.50. The van der Waals surface area contributed by atoms with Crippen molar-refractivity contribution in [1.29, 1.82) is 0 Å². The Bertz CT molecular complexity index is 1460. The van der Waals surface area contributed by atoms with Gasteiger partial charge in [-0.25, -0.2) is 0 Å². The van der Waals surface area contributed by atoms with Gasteiger partial charge in [0.15, 0.2) is 0 Å². The summed E-state index contributed by atoms with van der Waals surface area (Å²) < 4.78 is 0. The summed E-state index contributed by atoms with van der Waals surface area (Å²) in [6.07, 6.45) is 20.8. The van der Waals surface area contributed by atoms with Crippen LogP contribution in [0.5, 0.6) is 0 Å². The normalized spacial score (nSPS) is 22.0. The zero-order valence-electron chi connectivity index (χ0n) is 27.7. The fraction of sp³-hybridized carbons (Fsp3) is 0.447. The van der Waals surface area contributed by atoms with Gasteiger partial charge in [-0.05, 0) is 124 Å². The number of nitrogens with one attached hydrogen (secondary N) is 1. The first kappa shape index (κ1) is 34.3. The first-order valence-electron chi connectivity index (χ1n) is 17.2. The number of nitrogens with two attached hydrogens (primary N) is 3. The minimum Gasteiger partial charge on any atom is -0.348 e. The van der Waals surface area contributed by atoms with Crippen LogP contribution in [0.3, 0.4) is 0 Å². The number of pyridine rings is 4. The maximum Gasteiger partial charge on any atom is 0.217 e. The van der Waals surface area contributed by atoms with Gasteiger partial charge in [0.1, 0.15) is 0 Å². The zero-order valence-corrected chi connectivity index (χ0v) is 27.7. The van der Waals surface area contributed by atoms with Gasteiger partial charge in [-0.15, -0.1) is 0 Å². The Morgan fingerprint density at radius 2 is 0.872 bits per heavy atom. The number of hydrogen-bond acceptors (Lipinski definition) is 8. The van der Waals surface area contributed by atoms with Crippen molar-refractivity contribution in [1.82, 2.24) is 25.3 Å². The Kier molecular flexibility index (Phi) is 12.5. The summed E-state index contributed by atoms with van der Waals surface area (Å²) in [7, 11) is 0. The van der Waals surface area contributed by atoms with E-state index in [0.29, 0.717) is 0 Å². The average Bonchev–Trinajstić information content (AvgIpc) is 3.10. The number of aromatic nitrogens is 4. The predicted octanol–water partition coefficient (Wildman–Crippen LogP) is 5.85. The fourth-order valence-corrected chi connectivity index (χ4v) is 6.93. The van der Waals surface area contributed by atoms with Gasteiger partial charge in [-0.2, -0.15) is 0 Å². The van der Waals surface area contributed by atoms with Crippen LogP contribution in [-0.2, 0) is 30.5 Å². The second kappa shape index (κ2) is 17.2. The number of carbonyl (C=O) groups excluding carboxylic acids is 1. The molecule has 0 fully saturated rings. The molecule has 47 heavy (non-hydrogen) atoms.